The molecule has 1 N–H and O–H groups in total. The number of hydrogen-bond acceptors (Lipinski definition) is 3. The van der Waals surface area contributed by atoms with Crippen LogP contribution in [0.25, 0.3) is 5.69 Å². The molecule has 2 aromatic rings. The standard InChI is InChI=1S/C9H7F2N3O/c10-6-2-1-3-7(11)9(6)14-5-12-13-8(14)4-15/h1-3,5,15H,4H2. The van der Waals surface area contributed by atoms with Gasteiger partial charge in [0.25, 0.3) is 0 Å². The number of halogens is 2. The summed E-state index contributed by atoms with van der Waals surface area (Å²) in [5.41, 5.74) is -0.286. The molecule has 4 nitrogen and oxygen atoms in total. The summed E-state index contributed by atoms with van der Waals surface area (Å²) in [6, 6.07) is 3.51. The first kappa shape index (κ1) is 9.72. The quantitative estimate of drug-likeness (QED) is 0.807. The Hall–Kier alpha value is -1.82. The molecule has 1 aromatic heterocycles. The first-order valence-electron chi connectivity index (χ1n) is 4.18. The number of nitrogens with zero attached hydrogens (tertiary/aromatic N) is 3. The van der Waals surface area contributed by atoms with Gasteiger partial charge in [0.05, 0.1) is 0 Å². The van der Waals surface area contributed by atoms with Gasteiger partial charge in [-0.1, -0.05) is 6.07 Å². The van der Waals surface area contributed by atoms with Crippen LogP contribution in [0.2, 0.25) is 0 Å². The molecule has 0 amide bonds. The van der Waals surface area contributed by atoms with E-state index >= 15 is 0 Å². The topological polar surface area (TPSA) is 50.9 Å². The van der Waals surface area contributed by atoms with Crippen LogP contribution in [-0.4, -0.2) is 19.9 Å². The molecule has 0 spiro atoms. The molecule has 1 aromatic carbocycles. The minimum atomic E-state index is -0.732. The molecule has 0 radical (unpaired) electrons. The molecule has 0 saturated heterocycles. The third-order valence-corrected chi connectivity index (χ3v) is 1.94. The fraction of sp³-hybridized carbons (Fsp3) is 0.111. The summed E-state index contributed by atoms with van der Waals surface area (Å²) >= 11 is 0. The van der Waals surface area contributed by atoms with Gasteiger partial charge in [-0.05, 0) is 12.1 Å². The van der Waals surface area contributed by atoms with E-state index in [2.05, 4.69) is 10.2 Å². The number of aromatic nitrogens is 3. The minimum absolute atomic E-state index is 0.0824. The van der Waals surface area contributed by atoms with Gasteiger partial charge in [0, 0.05) is 0 Å². The second-order valence-electron chi connectivity index (χ2n) is 2.85. The van der Waals surface area contributed by atoms with Crippen LogP contribution in [0.1, 0.15) is 5.82 Å². The van der Waals surface area contributed by atoms with Gasteiger partial charge in [0.15, 0.2) is 5.82 Å². The highest BCUT2D eigenvalue weighted by Gasteiger charge is 2.14. The Morgan fingerprint density at radius 2 is 1.93 bits per heavy atom. The van der Waals surface area contributed by atoms with Gasteiger partial charge in [-0.15, -0.1) is 10.2 Å². The maximum atomic E-state index is 13.3. The third kappa shape index (κ3) is 1.59. The maximum absolute atomic E-state index is 13.3. The second-order valence-corrected chi connectivity index (χ2v) is 2.85. The minimum Gasteiger partial charge on any atom is -0.388 e. The van der Waals surface area contributed by atoms with Crippen molar-refractivity contribution in [3.05, 3.63) is 42.0 Å². The van der Waals surface area contributed by atoms with E-state index in [0.717, 1.165) is 23.0 Å². The van der Waals surface area contributed by atoms with Crippen molar-refractivity contribution in [2.45, 2.75) is 6.61 Å². The van der Waals surface area contributed by atoms with E-state index < -0.39 is 18.2 Å². The Kier molecular flexibility index (Phi) is 2.42. The molecule has 0 unspecified atom stereocenters. The van der Waals surface area contributed by atoms with Crippen molar-refractivity contribution < 1.29 is 13.9 Å². The van der Waals surface area contributed by atoms with Gasteiger partial charge in [-0.3, -0.25) is 4.57 Å². The zero-order valence-corrected chi connectivity index (χ0v) is 7.56. The first-order valence-corrected chi connectivity index (χ1v) is 4.18. The van der Waals surface area contributed by atoms with Gasteiger partial charge >= 0.3 is 0 Å². The molecule has 78 valence electrons. The van der Waals surface area contributed by atoms with Gasteiger partial charge in [0.1, 0.15) is 30.3 Å². The fourth-order valence-electron chi connectivity index (χ4n) is 1.27. The molecule has 6 heteroatoms. The molecule has 0 saturated carbocycles. The Balaban J connectivity index is 2.63. The second kappa shape index (κ2) is 3.74. The fourth-order valence-corrected chi connectivity index (χ4v) is 1.27. The van der Waals surface area contributed by atoms with E-state index in [1.165, 1.54) is 6.07 Å². The molecule has 0 bridgehead atoms. The largest absolute Gasteiger partial charge is 0.388 e. The summed E-state index contributed by atoms with van der Waals surface area (Å²) in [6.45, 7) is -0.437. The summed E-state index contributed by atoms with van der Waals surface area (Å²) in [5, 5.41) is 15.9. The lowest BCUT2D eigenvalue weighted by Crippen LogP contribution is -2.05. The molecule has 2 rings (SSSR count). The van der Waals surface area contributed by atoms with Crippen LogP contribution in [-0.2, 0) is 6.61 Å². The highest BCUT2D eigenvalue weighted by Crippen LogP contribution is 2.18. The van der Waals surface area contributed by atoms with Crippen molar-refractivity contribution in [3.8, 4) is 5.69 Å². The van der Waals surface area contributed by atoms with Crippen LogP contribution >= 0.6 is 0 Å². The van der Waals surface area contributed by atoms with Crippen LogP contribution in [0, 0.1) is 11.6 Å². The third-order valence-electron chi connectivity index (χ3n) is 1.94. The molecule has 15 heavy (non-hydrogen) atoms. The highest BCUT2D eigenvalue weighted by atomic mass is 19.1. The van der Waals surface area contributed by atoms with Crippen LogP contribution in [0.15, 0.2) is 24.5 Å². The van der Waals surface area contributed by atoms with E-state index in [1.807, 2.05) is 0 Å². The van der Waals surface area contributed by atoms with Gasteiger partial charge in [-0.2, -0.15) is 0 Å². The van der Waals surface area contributed by atoms with Crippen molar-refractivity contribution in [1.82, 2.24) is 14.8 Å². The van der Waals surface area contributed by atoms with Crippen LogP contribution in [0.4, 0.5) is 8.78 Å². The van der Waals surface area contributed by atoms with Crippen molar-refractivity contribution in [1.29, 1.82) is 0 Å². The Morgan fingerprint density at radius 3 is 2.53 bits per heavy atom. The molecule has 0 fully saturated rings. The number of aliphatic hydroxyl groups excluding tert-OH is 1. The van der Waals surface area contributed by atoms with Gasteiger partial charge < -0.3 is 5.11 Å². The average molecular weight is 211 g/mol. The average Bonchev–Trinajstić information content (AvgIpc) is 2.65. The number of benzene rings is 1. The van der Waals surface area contributed by atoms with E-state index in [4.69, 9.17) is 5.11 Å². The zero-order chi connectivity index (χ0) is 10.8. The normalized spacial score (nSPS) is 10.6. The molecule has 0 aliphatic rings. The van der Waals surface area contributed by atoms with Crippen molar-refractivity contribution in [2.75, 3.05) is 0 Å². The maximum Gasteiger partial charge on any atom is 0.163 e. The lowest BCUT2D eigenvalue weighted by atomic mass is 10.3. The first-order chi connectivity index (χ1) is 7.24. The summed E-state index contributed by atoms with van der Waals surface area (Å²) in [6.07, 6.45) is 1.15. The van der Waals surface area contributed by atoms with E-state index in [9.17, 15) is 8.78 Å². The molecule has 0 aliphatic carbocycles. The zero-order valence-electron chi connectivity index (χ0n) is 7.56. The summed E-state index contributed by atoms with van der Waals surface area (Å²) in [4.78, 5) is 0. The Bertz CT molecular complexity index is 464. The van der Waals surface area contributed by atoms with Crippen molar-refractivity contribution in [3.63, 3.8) is 0 Å². The number of aliphatic hydroxyl groups is 1. The molecular weight excluding hydrogens is 204 g/mol. The number of rotatable bonds is 2. The van der Waals surface area contributed by atoms with E-state index in [0.29, 0.717) is 0 Å². The highest BCUT2D eigenvalue weighted by molar-refractivity contribution is 5.35. The predicted octanol–water partition coefficient (Wildman–Crippen LogP) is 1.04. The Morgan fingerprint density at radius 1 is 1.27 bits per heavy atom. The molecule has 0 atom stereocenters. The summed E-state index contributed by atoms with van der Waals surface area (Å²) in [5.74, 6) is -1.38. The smallest absolute Gasteiger partial charge is 0.163 e. The summed E-state index contributed by atoms with van der Waals surface area (Å²) < 4.78 is 27.7. The van der Waals surface area contributed by atoms with E-state index in [1.54, 1.807) is 0 Å². The van der Waals surface area contributed by atoms with Crippen LogP contribution in [0.5, 0.6) is 0 Å². The lowest BCUT2D eigenvalue weighted by Gasteiger charge is -2.06. The number of para-hydroxylation sites is 1. The van der Waals surface area contributed by atoms with Gasteiger partial charge in [-0.25, -0.2) is 8.78 Å². The van der Waals surface area contributed by atoms with E-state index in [-0.39, 0.29) is 11.5 Å². The molecule has 0 aliphatic heterocycles. The molecular formula is C9H7F2N3O. The monoisotopic (exact) mass is 211 g/mol. The van der Waals surface area contributed by atoms with Crippen LogP contribution < -0.4 is 0 Å². The summed E-state index contributed by atoms with van der Waals surface area (Å²) in [7, 11) is 0. The SMILES string of the molecule is OCc1nncn1-c1c(F)cccc1F. The number of hydrogen-bond donors (Lipinski definition) is 1. The van der Waals surface area contributed by atoms with Crippen LogP contribution in [0.3, 0.4) is 0 Å². The molecule has 1 heterocycles. The lowest BCUT2D eigenvalue weighted by molar-refractivity contribution is 0.268. The Labute approximate surface area is 83.8 Å². The predicted molar refractivity (Wildman–Crippen MR) is 47.2 cm³/mol. The van der Waals surface area contributed by atoms with Crippen molar-refractivity contribution >= 4 is 0 Å². The van der Waals surface area contributed by atoms with Crippen molar-refractivity contribution in [2.24, 2.45) is 0 Å². The van der Waals surface area contributed by atoms with Gasteiger partial charge in [0.2, 0.25) is 0 Å².